The largest absolute Gasteiger partial charge is 0.506 e. The lowest BCUT2D eigenvalue weighted by molar-refractivity contribution is -0.160. The highest BCUT2D eigenvalue weighted by atomic mass is 16.6. The van der Waals surface area contributed by atoms with E-state index in [0.717, 1.165) is 0 Å². The van der Waals surface area contributed by atoms with Gasteiger partial charge in [-0.1, -0.05) is 19.1 Å². The predicted molar refractivity (Wildman–Crippen MR) is 137 cm³/mol. The van der Waals surface area contributed by atoms with Crippen molar-refractivity contribution in [2.45, 2.75) is 52.2 Å². The van der Waals surface area contributed by atoms with E-state index < -0.39 is 52.4 Å². The lowest BCUT2D eigenvalue weighted by Crippen LogP contribution is -2.57. The maximum atomic E-state index is 13.9. The Labute approximate surface area is 225 Å². The van der Waals surface area contributed by atoms with Crippen LogP contribution in [0.1, 0.15) is 40.0 Å². The van der Waals surface area contributed by atoms with Crippen LogP contribution in [-0.2, 0) is 33.4 Å². The number of fused-ring (bicyclic) bond motifs is 4. The zero-order valence-electron chi connectivity index (χ0n) is 22.2. The van der Waals surface area contributed by atoms with E-state index in [1.807, 2.05) is 0 Å². The first-order valence-electron chi connectivity index (χ1n) is 12.8. The van der Waals surface area contributed by atoms with Gasteiger partial charge in [-0.2, -0.15) is 0 Å². The van der Waals surface area contributed by atoms with Crippen molar-refractivity contribution < 1.29 is 43.6 Å². The number of rotatable bonds is 5. The number of aliphatic hydroxyl groups excluding tert-OH is 1. The van der Waals surface area contributed by atoms with Crippen molar-refractivity contribution in [2.24, 2.45) is 16.7 Å². The minimum absolute atomic E-state index is 0.0116. The third-order valence-corrected chi connectivity index (χ3v) is 8.70. The van der Waals surface area contributed by atoms with Gasteiger partial charge in [-0.3, -0.25) is 14.4 Å². The second kappa shape index (κ2) is 9.37. The summed E-state index contributed by atoms with van der Waals surface area (Å²) < 4.78 is 17.0. The molecule has 10 heteroatoms. The van der Waals surface area contributed by atoms with Gasteiger partial charge in [0.25, 0.3) is 0 Å². The van der Waals surface area contributed by atoms with Crippen LogP contribution in [0.15, 0.2) is 58.5 Å². The van der Waals surface area contributed by atoms with Crippen molar-refractivity contribution in [3.63, 3.8) is 0 Å². The van der Waals surface area contributed by atoms with Crippen LogP contribution in [0.3, 0.4) is 0 Å². The van der Waals surface area contributed by atoms with Gasteiger partial charge in [-0.15, -0.1) is 0 Å². The van der Waals surface area contributed by atoms with Gasteiger partial charge in [0.05, 0.1) is 23.3 Å². The molecule has 0 spiro atoms. The highest BCUT2D eigenvalue weighted by molar-refractivity contribution is 6.14. The Morgan fingerprint density at radius 3 is 2.59 bits per heavy atom. The standard InChI is InChI=1S/C29H31NO9/c1-14(31)38-19-11-28(2)16(9-10-20(28)33)22-24(19)29(3)21(13-37-4)39-27(36)15(23(29)26(35)25(22)34)12-30-17-7-5-6-8-18(17)32/h5-8,12,16,19,21,30,32,35H,9-11,13H2,1-4H3/b15-12-/t16-,19+,21+,28-,29-/m0/s1. The fourth-order valence-electron chi connectivity index (χ4n) is 6.84. The smallest absolute Gasteiger partial charge is 0.340 e. The molecule has 0 bridgehead atoms. The van der Waals surface area contributed by atoms with E-state index in [4.69, 9.17) is 14.2 Å². The summed E-state index contributed by atoms with van der Waals surface area (Å²) in [6, 6.07) is 6.37. The van der Waals surface area contributed by atoms with Crippen molar-refractivity contribution in [3.8, 4) is 5.75 Å². The summed E-state index contributed by atoms with van der Waals surface area (Å²) >= 11 is 0. The van der Waals surface area contributed by atoms with E-state index in [0.29, 0.717) is 12.0 Å². The highest BCUT2D eigenvalue weighted by Gasteiger charge is 2.64. The zero-order valence-corrected chi connectivity index (χ0v) is 22.2. The van der Waals surface area contributed by atoms with Crippen LogP contribution < -0.4 is 5.32 Å². The van der Waals surface area contributed by atoms with Gasteiger partial charge in [0.1, 0.15) is 23.7 Å². The Bertz CT molecular complexity index is 1390. The number of phenolic OH excluding ortho intramolecular Hbond substituents is 1. The monoisotopic (exact) mass is 537 g/mol. The van der Waals surface area contributed by atoms with E-state index in [1.165, 1.54) is 26.3 Å². The van der Waals surface area contributed by atoms with E-state index in [-0.39, 0.29) is 53.4 Å². The van der Waals surface area contributed by atoms with Gasteiger partial charge in [0.2, 0.25) is 5.78 Å². The number of para-hydroxylation sites is 2. The second-order valence-corrected chi connectivity index (χ2v) is 10.9. The van der Waals surface area contributed by atoms with Gasteiger partial charge in [-0.25, -0.2) is 4.79 Å². The number of methoxy groups -OCH3 is 1. The number of aromatic hydroxyl groups is 1. The summed E-state index contributed by atoms with van der Waals surface area (Å²) in [4.78, 5) is 52.5. The third kappa shape index (κ3) is 3.88. The number of Topliss-reactive ketones (excluding diaryl/α,β-unsaturated/α-hetero) is 2. The molecule has 1 aromatic rings. The minimum Gasteiger partial charge on any atom is -0.506 e. The Morgan fingerprint density at radius 1 is 1.21 bits per heavy atom. The number of allylic oxidation sites excluding steroid dienone is 1. The molecule has 5 atom stereocenters. The number of carbonyl (C=O) groups excluding carboxylic acids is 4. The molecule has 206 valence electrons. The number of aliphatic hydroxyl groups is 1. The fraction of sp³-hybridized carbons (Fsp3) is 0.448. The van der Waals surface area contributed by atoms with Crippen LogP contribution in [0.25, 0.3) is 0 Å². The van der Waals surface area contributed by atoms with E-state index in [2.05, 4.69) is 5.32 Å². The highest BCUT2D eigenvalue weighted by Crippen LogP contribution is 2.62. The van der Waals surface area contributed by atoms with Crippen molar-refractivity contribution in [1.82, 2.24) is 0 Å². The number of phenols is 1. The number of hydrogen-bond donors (Lipinski definition) is 3. The Morgan fingerprint density at radius 2 is 1.92 bits per heavy atom. The molecule has 1 aliphatic heterocycles. The van der Waals surface area contributed by atoms with Gasteiger partial charge in [0, 0.05) is 55.6 Å². The van der Waals surface area contributed by atoms with E-state index in [9.17, 15) is 29.4 Å². The molecular weight excluding hydrogens is 506 g/mol. The molecule has 39 heavy (non-hydrogen) atoms. The molecule has 2 fully saturated rings. The summed E-state index contributed by atoms with van der Waals surface area (Å²) in [5.41, 5.74) is -1.46. The van der Waals surface area contributed by atoms with Crippen LogP contribution in [0.5, 0.6) is 5.75 Å². The van der Waals surface area contributed by atoms with Gasteiger partial charge in [0.15, 0.2) is 5.76 Å². The summed E-state index contributed by atoms with van der Waals surface area (Å²) in [5.74, 6) is -3.34. The van der Waals surface area contributed by atoms with Crippen LogP contribution >= 0.6 is 0 Å². The molecule has 1 aromatic carbocycles. The van der Waals surface area contributed by atoms with Crippen LogP contribution in [0, 0.1) is 16.7 Å². The molecule has 4 aliphatic rings. The van der Waals surface area contributed by atoms with E-state index >= 15 is 0 Å². The summed E-state index contributed by atoms with van der Waals surface area (Å²) in [6.45, 7) is 4.67. The van der Waals surface area contributed by atoms with Crippen molar-refractivity contribution in [2.75, 3.05) is 19.0 Å². The summed E-state index contributed by atoms with van der Waals surface area (Å²) in [6.07, 6.45) is 0.161. The third-order valence-electron chi connectivity index (χ3n) is 8.70. The lowest BCUT2D eigenvalue weighted by atomic mass is 9.53. The van der Waals surface area contributed by atoms with Crippen LogP contribution in [0.4, 0.5) is 5.69 Å². The number of ether oxygens (including phenoxy) is 3. The van der Waals surface area contributed by atoms with Crippen LogP contribution in [0.2, 0.25) is 0 Å². The summed E-state index contributed by atoms with van der Waals surface area (Å²) in [7, 11) is 1.44. The molecule has 1 saturated heterocycles. The zero-order chi connectivity index (χ0) is 28.3. The average Bonchev–Trinajstić information content (AvgIpc) is 3.17. The number of anilines is 1. The number of nitrogens with one attached hydrogen (secondary N) is 1. The maximum absolute atomic E-state index is 13.9. The maximum Gasteiger partial charge on any atom is 0.340 e. The van der Waals surface area contributed by atoms with Gasteiger partial charge in [-0.05, 0) is 31.1 Å². The van der Waals surface area contributed by atoms with Gasteiger partial charge >= 0.3 is 11.9 Å². The SMILES string of the molecule is COC[C@H]1OC(=O)/C(=C\Nc2ccccc2O)C2=C(O)C(=O)C3=C([C@H](OC(C)=O)C[C@]4(C)C(=O)CC[C@@H]34)[C@]21C. The first-order valence-corrected chi connectivity index (χ1v) is 12.8. The van der Waals surface area contributed by atoms with Crippen LogP contribution in [-0.4, -0.2) is 59.6 Å². The number of carbonyl (C=O) groups is 4. The molecular formula is C29H31NO9. The van der Waals surface area contributed by atoms with Crippen molar-refractivity contribution >= 4 is 29.2 Å². The number of hydrogen-bond acceptors (Lipinski definition) is 10. The molecule has 1 saturated carbocycles. The molecule has 0 unspecified atom stereocenters. The molecule has 3 N–H and O–H groups in total. The first kappa shape index (κ1) is 26.7. The number of benzene rings is 1. The molecule has 3 aliphatic carbocycles. The first-order chi connectivity index (χ1) is 18.4. The quantitative estimate of drug-likeness (QED) is 0.290. The fourth-order valence-corrected chi connectivity index (χ4v) is 6.84. The normalized spacial score (nSPS) is 33.0. The number of ketones is 2. The minimum atomic E-state index is -1.34. The molecule has 0 radical (unpaired) electrons. The average molecular weight is 538 g/mol. The number of esters is 2. The molecule has 1 heterocycles. The van der Waals surface area contributed by atoms with Crippen molar-refractivity contribution in [3.05, 3.63) is 58.5 Å². The van der Waals surface area contributed by atoms with Crippen molar-refractivity contribution in [1.29, 1.82) is 0 Å². The Hall–Kier alpha value is -3.92. The molecule has 5 rings (SSSR count). The number of cyclic esters (lactones) is 1. The Kier molecular flexibility index (Phi) is 6.41. The van der Waals surface area contributed by atoms with Gasteiger partial charge < -0.3 is 29.7 Å². The second-order valence-electron chi connectivity index (χ2n) is 10.9. The molecule has 10 nitrogen and oxygen atoms in total. The molecule has 0 aromatic heterocycles. The van der Waals surface area contributed by atoms with E-state index in [1.54, 1.807) is 32.0 Å². The topological polar surface area (TPSA) is 148 Å². The summed E-state index contributed by atoms with van der Waals surface area (Å²) in [5, 5.41) is 24.5. The lowest BCUT2D eigenvalue weighted by Gasteiger charge is -2.53. The molecule has 0 amide bonds. The predicted octanol–water partition coefficient (Wildman–Crippen LogP) is 3.28. The Balaban J connectivity index is 1.74.